The third kappa shape index (κ3) is 7.36. The summed E-state index contributed by atoms with van der Waals surface area (Å²) in [5.74, 6) is -0.771. The Morgan fingerprint density at radius 1 is 1.64 bits per heavy atom. The third-order valence-electron chi connectivity index (χ3n) is 1.19. The lowest BCUT2D eigenvalue weighted by Gasteiger charge is -2.25. The van der Waals surface area contributed by atoms with Crippen LogP contribution in [0.2, 0.25) is 0 Å². The van der Waals surface area contributed by atoms with E-state index in [0.717, 1.165) is 0 Å². The van der Waals surface area contributed by atoms with E-state index in [1.165, 1.54) is 0 Å². The molecule has 0 aliphatic rings. The van der Waals surface area contributed by atoms with Gasteiger partial charge in [0, 0.05) is 0 Å². The van der Waals surface area contributed by atoms with Gasteiger partial charge in [-0.15, -0.1) is 0 Å². The number of carboxylic acids is 1. The molecular weight excluding hydrogens is 166 g/mol. The molecule has 0 aromatic heterocycles. The van der Waals surface area contributed by atoms with Crippen LogP contribution in [-0.2, 0) is 4.79 Å². The quantitative estimate of drug-likeness (QED) is 0.378. The average molecular weight is 180 g/mol. The molecule has 0 saturated carbocycles. The number of carboxylic acid groups (broad SMARTS) is 1. The normalized spacial score (nSPS) is 10.0. The minimum absolute atomic E-state index is 0. The Bertz CT molecular complexity index is 145. The standard InChI is InChI=1S/C7H13NO2.ClH/c1-4-5-8(2,3)6-7(9)10;/h4H,1,5-6H2,2-3H3;1H. The van der Waals surface area contributed by atoms with Crippen molar-refractivity contribution >= 4 is 5.97 Å². The number of aliphatic carboxylic acids is 1. The minimum Gasteiger partial charge on any atom is -1.00 e. The second kappa shape index (κ2) is 5.16. The zero-order chi connectivity index (χ0) is 8.20. The maximum Gasteiger partial charge on any atom is 0.359 e. The fraction of sp³-hybridized carbons (Fsp3) is 0.571. The summed E-state index contributed by atoms with van der Waals surface area (Å²) < 4.78 is 0.457. The fourth-order valence-corrected chi connectivity index (χ4v) is 0.780. The van der Waals surface area contributed by atoms with Crippen LogP contribution in [-0.4, -0.2) is 42.7 Å². The van der Waals surface area contributed by atoms with Gasteiger partial charge in [0.15, 0.2) is 6.54 Å². The van der Waals surface area contributed by atoms with Gasteiger partial charge in [-0.2, -0.15) is 0 Å². The fourth-order valence-electron chi connectivity index (χ4n) is 0.780. The maximum absolute atomic E-state index is 10.2. The smallest absolute Gasteiger partial charge is 0.359 e. The van der Waals surface area contributed by atoms with Gasteiger partial charge < -0.3 is 22.0 Å². The van der Waals surface area contributed by atoms with E-state index in [-0.39, 0.29) is 19.0 Å². The van der Waals surface area contributed by atoms with Crippen molar-refractivity contribution in [2.45, 2.75) is 0 Å². The van der Waals surface area contributed by atoms with Crippen molar-refractivity contribution in [3.05, 3.63) is 12.7 Å². The molecule has 0 radical (unpaired) electrons. The second-order valence-corrected chi connectivity index (χ2v) is 2.96. The molecule has 0 heterocycles. The molecule has 0 atom stereocenters. The van der Waals surface area contributed by atoms with E-state index >= 15 is 0 Å². The first-order valence-corrected chi connectivity index (χ1v) is 3.12. The number of likely N-dealkylation sites (N-methyl/N-ethyl adjacent to an activating group) is 1. The first kappa shape index (κ1) is 13.1. The zero-order valence-corrected chi connectivity index (χ0v) is 7.64. The third-order valence-corrected chi connectivity index (χ3v) is 1.19. The molecule has 1 N–H and O–H groups in total. The summed E-state index contributed by atoms with van der Waals surface area (Å²) in [6, 6.07) is 0. The molecule has 4 heteroatoms. The molecule has 0 aliphatic heterocycles. The number of nitrogens with zero attached hydrogens (tertiary/aromatic N) is 1. The van der Waals surface area contributed by atoms with Crippen LogP contribution >= 0.6 is 0 Å². The van der Waals surface area contributed by atoms with E-state index in [1.807, 2.05) is 14.1 Å². The highest BCUT2D eigenvalue weighted by molar-refractivity contribution is 5.67. The van der Waals surface area contributed by atoms with Crippen LogP contribution in [0, 0.1) is 0 Å². The van der Waals surface area contributed by atoms with Gasteiger partial charge >= 0.3 is 5.97 Å². The zero-order valence-electron chi connectivity index (χ0n) is 6.88. The van der Waals surface area contributed by atoms with E-state index in [1.54, 1.807) is 6.08 Å². The Hall–Kier alpha value is -0.540. The van der Waals surface area contributed by atoms with Crippen LogP contribution in [0.5, 0.6) is 0 Å². The van der Waals surface area contributed by atoms with Gasteiger partial charge in [-0.1, -0.05) is 6.58 Å². The molecule has 3 nitrogen and oxygen atoms in total. The molecule has 0 amide bonds. The predicted molar refractivity (Wildman–Crippen MR) is 39.7 cm³/mol. The number of carbonyl (C=O) groups is 1. The summed E-state index contributed by atoms with van der Waals surface area (Å²) in [7, 11) is 3.71. The molecule has 0 unspecified atom stereocenters. The highest BCUT2D eigenvalue weighted by Gasteiger charge is 2.16. The van der Waals surface area contributed by atoms with Crippen molar-refractivity contribution in [1.82, 2.24) is 0 Å². The summed E-state index contributed by atoms with van der Waals surface area (Å²) in [6.45, 7) is 4.38. The molecule has 0 aliphatic carbocycles. The van der Waals surface area contributed by atoms with Crippen LogP contribution in [0.25, 0.3) is 0 Å². The van der Waals surface area contributed by atoms with Gasteiger partial charge in [-0.25, -0.2) is 4.79 Å². The number of rotatable bonds is 4. The molecule has 0 bridgehead atoms. The molecule has 0 saturated heterocycles. The first-order valence-electron chi connectivity index (χ1n) is 3.12. The van der Waals surface area contributed by atoms with Gasteiger partial charge in [0.25, 0.3) is 0 Å². The largest absolute Gasteiger partial charge is 1.00 e. The van der Waals surface area contributed by atoms with E-state index in [4.69, 9.17) is 5.11 Å². The summed E-state index contributed by atoms with van der Waals surface area (Å²) >= 11 is 0. The van der Waals surface area contributed by atoms with Crippen molar-refractivity contribution in [2.24, 2.45) is 0 Å². The second-order valence-electron chi connectivity index (χ2n) is 2.96. The molecular formula is C7H14ClNO2. The molecule has 0 aromatic carbocycles. The van der Waals surface area contributed by atoms with Crippen molar-refractivity contribution in [3.63, 3.8) is 0 Å². The van der Waals surface area contributed by atoms with Gasteiger partial charge in [0.1, 0.15) is 0 Å². The average Bonchev–Trinajstić information content (AvgIpc) is 1.59. The highest BCUT2D eigenvalue weighted by atomic mass is 35.5. The van der Waals surface area contributed by atoms with Gasteiger partial charge in [0.2, 0.25) is 0 Å². The van der Waals surface area contributed by atoms with Crippen LogP contribution in [0.1, 0.15) is 0 Å². The van der Waals surface area contributed by atoms with Crippen LogP contribution in [0.4, 0.5) is 0 Å². The van der Waals surface area contributed by atoms with Gasteiger partial charge in [0.05, 0.1) is 20.6 Å². The number of hydrogen-bond acceptors (Lipinski definition) is 1. The number of quaternary nitrogens is 1. The Morgan fingerprint density at radius 3 is 2.36 bits per heavy atom. The van der Waals surface area contributed by atoms with Crippen molar-refractivity contribution in [3.8, 4) is 0 Å². The molecule has 0 rings (SSSR count). The van der Waals surface area contributed by atoms with E-state index in [9.17, 15) is 4.79 Å². The summed E-state index contributed by atoms with van der Waals surface area (Å²) in [6.07, 6.45) is 1.73. The van der Waals surface area contributed by atoms with Crippen LogP contribution in [0.15, 0.2) is 12.7 Å². The minimum atomic E-state index is -0.771. The van der Waals surface area contributed by atoms with Crippen molar-refractivity contribution in [1.29, 1.82) is 0 Å². The lowest BCUT2D eigenvalue weighted by molar-refractivity contribution is -0.877. The lowest BCUT2D eigenvalue weighted by atomic mass is 10.4. The molecule has 0 fully saturated rings. The van der Waals surface area contributed by atoms with Gasteiger partial charge in [-0.3, -0.25) is 0 Å². The highest BCUT2D eigenvalue weighted by Crippen LogP contribution is 1.94. The van der Waals surface area contributed by atoms with E-state index in [0.29, 0.717) is 11.0 Å². The predicted octanol–water partition coefficient (Wildman–Crippen LogP) is -2.66. The van der Waals surface area contributed by atoms with Gasteiger partial charge in [-0.05, 0) is 6.08 Å². The Balaban J connectivity index is 0. The monoisotopic (exact) mass is 179 g/mol. The van der Waals surface area contributed by atoms with E-state index in [2.05, 4.69) is 6.58 Å². The number of halogens is 1. The SMILES string of the molecule is C=CC[N+](C)(C)CC(=O)O.[Cl-]. The lowest BCUT2D eigenvalue weighted by Crippen LogP contribution is -3.00. The maximum atomic E-state index is 10.2. The molecule has 66 valence electrons. The summed E-state index contributed by atoms with van der Waals surface area (Å²) in [5, 5.41) is 8.43. The number of hydrogen-bond donors (Lipinski definition) is 1. The first-order chi connectivity index (χ1) is 4.48. The van der Waals surface area contributed by atoms with E-state index < -0.39 is 5.97 Å². The van der Waals surface area contributed by atoms with Crippen molar-refractivity contribution < 1.29 is 26.8 Å². The Kier molecular flexibility index (Phi) is 6.13. The van der Waals surface area contributed by atoms with Crippen LogP contribution in [0.3, 0.4) is 0 Å². The van der Waals surface area contributed by atoms with Crippen LogP contribution < -0.4 is 12.4 Å². The Labute approximate surface area is 73.3 Å². The van der Waals surface area contributed by atoms with Crippen molar-refractivity contribution in [2.75, 3.05) is 27.2 Å². The Morgan fingerprint density at radius 2 is 2.09 bits per heavy atom. The summed E-state index contributed by atoms with van der Waals surface area (Å²) in [4.78, 5) is 10.2. The molecule has 0 aromatic rings. The topological polar surface area (TPSA) is 37.3 Å². The molecule has 11 heavy (non-hydrogen) atoms. The summed E-state index contributed by atoms with van der Waals surface area (Å²) in [5.41, 5.74) is 0. The molecule has 0 spiro atoms.